The third-order valence-electron chi connectivity index (χ3n) is 4.66. The summed E-state index contributed by atoms with van der Waals surface area (Å²) in [4.78, 5) is 2.76. The first-order chi connectivity index (χ1) is 11.1. The van der Waals surface area contributed by atoms with Gasteiger partial charge in [-0.15, -0.1) is 0 Å². The third kappa shape index (κ3) is 4.12. The topological polar surface area (TPSA) is 49.9 Å². The summed E-state index contributed by atoms with van der Waals surface area (Å²) >= 11 is 0. The monoisotopic (exact) mass is 338 g/mol. The highest BCUT2D eigenvalue weighted by atomic mass is 32.2. The van der Waals surface area contributed by atoms with Crippen LogP contribution in [0.4, 0.5) is 0 Å². The molecule has 5 nitrogen and oxygen atoms in total. The van der Waals surface area contributed by atoms with Gasteiger partial charge in [0.05, 0.1) is 11.0 Å². The van der Waals surface area contributed by atoms with E-state index in [1.807, 2.05) is 19.1 Å². The zero-order valence-corrected chi connectivity index (χ0v) is 14.6. The van der Waals surface area contributed by atoms with Gasteiger partial charge in [-0.1, -0.05) is 12.1 Å². The number of rotatable bonds is 4. The fraction of sp³-hybridized carbons (Fsp3) is 0.647. The number of hydrogen-bond acceptors (Lipinski definition) is 4. The summed E-state index contributed by atoms with van der Waals surface area (Å²) < 4.78 is 33.0. The van der Waals surface area contributed by atoms with Gasteiger partial charge in [-0.25, -0.2) is 8.42 Å². The van der Waals surface area contributed by atoms with Crippen molar-refractivity contribution < 1.29 is 13.2 Å². The Morgan fingerprint density at radius 1 is 1.17 bits per heavy atom. The van der Waals surface area contributed by atoms with E-state index in [-0.39, 0.29) is 0 Å². The van der Waals surface area contributed by atoms with E-state index in [4.69, 9.17) is 4.74 Å². The quantitative estimate of drug-likeness (QED) is 0.841. The van der Waals surface area contributed by atoms with Gasteiger partial charge < -0.3 is 4.74 Å². The molecule has 0 amide bonds. The molecule has 2 saturated heterocycles. The van der Waals surface area contributed by atoms with E-state index >= 15 is 0 Å². The maximum atomic E-state index is 12.8. The van der Waals surface area contributed by atoms with Crippen LogP contribution in [-0.2, 0) is 14.8 Å². The number of benzene rings is 1. The van der Waals surface area contributed by atoms with Crippen LogP contribution >= 0.6 is 0 Å². The summed E-state index contributed by atoms with van der Waals surface area (Å²) in [7, 11) is -3.38. The maximum absolute atomic E-state index is 12.8. The highest BCUT2D eigenvalue weighted by Crippen LogP contribution is 2.20. The standard InChI is InChI=1S/C17H26N2O3S/c1-15-5-2-7-17(13-15)23(20,21)19-9-4-8-18(10-11-19)14-16-6-3-12-22-16/h2,5,7,13,16H,3-4,6,8-12,14H2,1H3/t16-/m0/s1. The second-order valence-electron chi connectivity index (χ2n) is 6.51. The summed E-state index contributed by atoms with van der Waals surface area (Å²) in [6.45, 7) is 6.60. The van der Waals surface area contributed by atoms with E-state index in [0.717, 1.165) is 51.1 Å². The van der Waals surface area contributed by atoms with Gasteiger partial charge in [-0.05, 0) is 50.4 Å². The molecule has 1 atom stereocenters. The first-order valence-electron chi connectivity index (χ1n) is 8.46. The molecule has 2 aliphatic heterocycles. The smallest absolute Gasteiger partial charge is 0.243 e. The van der Waals surface area contributed by atoms with Crippen LogP contribution in [0.2, 0.25) is 0 Å². The van der Waals surface area contributed by atoms with Crippen molar-refractivity contribution in [1.29, 1.82) is 0 Å². The average Bonchev–Trinajstić information content (AvgIpc) is 2.91. The van der Waals surface area contributed by atoms with Crippen LogP contribution in [0.25, 0.3) is 0 Å². The molecule has 0 bridgehead atoms. The maximum Gasteiger partial charge on any atom is 0.243 e. The molecule has 2 fully saturated rings. The van der Waals surface area contributed by atoms with Gasteiger partial charge in [-0.2, -0.15) is 4.31 Å². The Kier molecular flexibility index (Phi) is 5.36. The second kappa shape index (κ2) is 7.30. The minimum absolute atomic E-state index is 0.329. The predicted molar refractivity (Wildman–Crippen MR) is 90.0 cm³/mol. The predicted octanol–water partition coefficient (Wildman–Crippen LogP) is 1.87. The van der Waals surface area contributed by atoms with Crippen molar-refractivity contribution in [1.82, 2.24) is 9.21 Å². The molecule has 1 aromatic carbocycles. The number of sulfonamides is 1. The normalized spacial score (nSPS) is 24.7. The Morgan fingerprint density at radius 3 is 2.78 bits per heavy atom. The Bertz CT molecular complexity index is 626. The zero-order valence-electron chi connectivity index (χ0n) is 13.8. The van der Waals surface area contributed by atoms with Crippen molar-refractivity contribution in [3.8, 4) is 0 Å². The highest BCUT2D eigenvalue weighted by Gasteiger charge is 2.28. The lowest BCUT2D eigenvalue weighted by molar-refractivity contribution is 0.0749. The van der Waals surface area contributed by atoms with Crippen LogP contribution in [0.1, 0.15) is 24.8 Å². The molecular weight excluding hydrogens is 312 g/mol. The van der Waals surface area contributed by atoms with Gasteiger partial charge in [-0.3, -0.25) is 4.90 Å². The van der Waals surface area contributed by atoms with Gasteiger partial charge in [0.25, 0.3) is 0 Å². The van der Waals surface area contributed by atoms with Crippen molar-refractivity contribution in [2.24, 2.45) is 0 Å². The number of hydrogen-bond donors (Lipinski definition) is 0. The number of aryl methyl sites for hydroxylation is 1. The molecule has 0 unspecified atom stereocenters. The second-order valence-corrected chi connectivity index (χ2v) is 8.45. The van der Waals surface area contributed by atoms with E-state index in [2.05, 4.69) is 4.90 Å². The first kappa shape index (κ1) is 16.9. The van der Waals surface area contributed by atoms with Crippen LogP contribution in [0.3, 0.4) is 0 Å². The third-order valence-corrected chi connectivity index (χ3v) is 6.56. The number of nitrogens with zero attached hydrogens (tertiary/aromatic N) is 2. The summed E-state index contributed by atoms with van der Waals surface area (Å²) in [6, 6.07) is 7.18. The molecule has 2 aliphatic rings. The van der Waals surface area contributed by atoms with Crippen molar-refractivity contribution in [2.75, 3.05) is 39.3 Å². The Balaban J connectivity index is 1.64. The van der Waals surface area contributed by atoms with Gasteiger partial charge in [0.1, 0.15) is 0 Å². The minimum Gasteiger partial charge on any atom is -0.377 e. The molecule has 128 valence electrons. The van der Waals surface area contributed by atoms with Crippen LogP contribution in [-0.4, -0.2) is 63.1 Å². The summed E-state index contributed by atoms with van der Waals surface area (Å²) in [5.74, 6) is 0. The molecule has 0 N–H and O–H groups in total. The van der Waals surface area contributed by atoms with Gasteiger partial charge in [0.2, 0.25) is 10.0 Å². The zero-order chi connectivity index (χ0) is 16.3. The largest absolute Gasteiger partial charge is 0.377 e. The van der Waals surface area contributed by atoms with E-state index in [1.54, 1.807) is 16.4 Å². The van der Waals surface area contributed by atoms with Crippen LogP contribution in [0, 0.1) is 6.92 Å². The van der Waals surface area contributed by atoms with Gasteiger partial charge in [0, 0.05) is 32.8 Å². The molecule has 23 heavy (non-hydrogen) atoms. The van der Waals surface area contributed by atoms with Crippen LogP contribution in [0.15, 0.2) is 29.2 Å². The van der Waals surface area contributed by atoms with Crippen molar-refractivity contribution in [3.05, 3.63) is 29.8 Å². The molecule has 3 rings (SSSR count). The fourth-order valence-corrected chi connectivity index (χ4v) is 4.95. The van der Waals surface area contributed by atoms with E-state index < -0.39 is 10.0 Å². The highest BCUT2D eigenvalue weighted by molar-refractivity contribution is 7.89. The molecule has 0 aromatic heterocycles. The lowest BCUT2D eigenvalue weighted by Crippen LogP contribution is -2.37. The van der Waals surface area contributed by atoms with Crippen molar-refractivity contribution in [3.63, 3.8) is 0 Å². The molecule has 0 saturated carbocycles. The Hall–Kier alpha value is -0.950. The van der Waals surface area contributed by atoms with Crippen LogP contribution in [0.5, 0.6) is 0 Å². The van der Waals surface area contributed by atoms with E-state index in [9.17, 15) is 8.42 Å². The Labute approximate surface area is 139 Å². The van der Waals surface area contributed by atoms with E-state index in [0.29, 0.717) is 24.1 Å². The summed E-state index contributed by atoms with van der Waals surface area (Å²) in [5.41, 5.74) is 0.973. The SMILES string of the molecule is Cc1cccc(S(=O)(=O)N2CCCN(C[C@@H]3CCCO3)CC2)c1. The molecule has 0 radical (unpaired) electrons. The number of ether oxygens (including phenoxy) is 1. The Morgan fingerprint density at radius 2 is 2.04 bits per heavy atom. The summed E-state index contributed by atoms with van der Waals surface area (Å²) in [6.07, 6.45) is 3.47. The van der Waals surface area contributed by atoms with E-state index in [1.165, 1.54) is 0 Å². The lowest BCUT2D eigenvalue weighted by atomic mass is 10.2. The molecular formula is C17H26N2O3S. The summed E-state index contributed by atoms with van der Waals surface area (Å²) in [5, 5.41) is 0. The first-order valence-corrected chi connectivity index (χ1v) is 9.90. The fourth-order valence-electron chi connectivity index (χ4n) is 3.37. The molecule has 0 aliphatic carbocycles. The average molecular weight is 338 g/mol. The molecule has 0 spiro atoms. The van der Waals surface area contributed by atoms with Crippen LogP contribution < -0.4 is 0 Å². The van der Waals surface area contributed by atoms with Gasteiger partial charge >= 0.3 is 0 Å². The minimum atomic E-state index is -3.38. The van der Waals surface area contributed by atoms with Gasteiger partial charge in [0.15, 0.2) is 0 Å². The van der Waals surface area contributed by atoms with Crippen molar-refractivity contribution in [2.45, 2.75) is 37.2 Å². The lowest BCUT2D eigenvalue weighted by Gasteiger charge is -2.24. The van der Waals surface area contributed by atoms with Crippen molar-refractivity contribution >= 4 is 10.0 Å². The molecule has 1 aromatic rings. The molecule has 6 heteroatoms. The molecule has 2 heterocycles.